The molecule has 1 aromatic rings. The lowest BCUT2D eigenvalue weighted by atomic mass is 10.2. The average molecular weight is 258 g/mol. The van der Waals surface area contributed by atoms with Gasteiger partial charge in [-0.2, -0.15) is 0 Å². The van der Waals surface area contributed by atoms with E-state index in [1.165, 1.54) is 12.3 Å². The van der Waals surface area contributed by atoms with E-state index < -0.39 is 11.9 Å². The van der Waals surface area contributed by atoms with Crippen LogP contribution in [-0.4, -0.2) is 35.1 Å². The molecule has 7 heteroatoms. The molecule has 92 valence electrons. The monoisotopic (exact) mass is 257 g/mol. The third-order valence-electron chi connectivity index (χ3n) is 2.12. The second-order valence-corrected chi connectivity index (χ2v) is 3.72. The van der Waals surface area contributed by atoms with Crippen LogP contribution < -0.4 is 10.6 Å². The van der Waals surface area contributed by atoms with Crippen LogP contribution in [0.5, 0.6) is 0 Å². The van der Waals surface area contributed by atoms with Crippen molar-refractivity contribution in [2.24, 2.45) is 5.73 Å². The fourth-order valence-corrected chi connectivity index (χ4v) is 1.49. The molecule has 1 rings (SSSR count). The molecule has 0 radical (unpaired) electrons. The van der Waals surface area contributed by atoms with Crippen molar-refractivity contribution in [1.82, 2.24) is 4.98 Å². The summed E-state index contributed by atoms with van der Waals surface area (Å²) in [5.74, 6) is -1.30. The molecular weight excluding hydrogens is 246 g/mol. The number of primary amides is 1. The first-order chi connectivity index (χ1) is 7.95. The average Bonchev–Trinajstić information content (AvgIpc) is 2.26. The van der Waals surface area contributed by atoms with Crippen LogP contribution in [0.25, 0.3) is 0 Å². The summed E-state index contributed by atoms with van der Waals surface area (Å²) in [5.41, 5.74) is 5.03. The maximum absolute atomic E-state index is 10.9. The Kier molecular flexibility index (Phi) is 4.28. The van der Waals surface area contributed by atoms with Gasteiger partial charge in [-0.15, -0.1) is 0 Å². The van der Waals surface area contributed by atoms with Crippen molar-refractivity contribution in [2.75, 3.05) is 18.0 Å². The number of halogens is 1. The molecule has 0 fully saturated rings. The number of nitrogens with two attached hydrogens (primary N) is 1. The molecule has 0 spiro atoms. The highest BCUT2D eigenvalue weighted by Crippen LogP contribution is 2.20. The number of pyridine rings is 1. The lowest BCUT2D eigenvalue weighted by Crippen LogP contribution is -2.34. The van der Waals surface area contributed by atoms with E-state index in [9.17, 15) is 9.59 Å². The molecule has 0 atom stereocenters. The predicted octanol–water partition coefficient (Wildman–Crippen LogP) is 0.745. The zero-order chi connectivity index (χ0) is 13.0. The molecule has 0 saturated carbocycles. The molecular formula is C10H12ClN3O3. The molecule has 0 saturated heterocycles. The highest BCUT2D eigenvalue weighted by molar-refractivity contribution is 6.33. The number of carbonyl (C=O) groups excluding carboxylic acids is 1. The van der Waals surface area contributed by atoms with Crippen LogP contribution in [0.4, 0.5) is 5.82 Å². The summed E-state index contributed by atoms with van der Waals surface area (Å²) >= 11 is 5.69. The topological polar surface area (TPSA) is 96.5 Å². The standard InChI is InChI=1S/C10H12ClN3O3/c1-2-14(5-8(12)15)9-3-6(10(16)17)7(11)4-13-9/h3-4H,2,5H2,1H3,(H2,12,15)(H,16,17). The van der Waals surface area contributed by atoms with Crippen molar-refractivity contribution < 1.29 is 14.7 Å². The van der Waals surface area contributed by atoms with Gasteiger partial charge >= 0.3 is 5.97 Å². The lowest BCUT2D eigenvalue weighted by Gasteiger charge is -2.20. The third-order valence-corrected chi connectivity index (χ3v) is 2.42. The fraction of sp³-hybridized carbons (Fsp3) is 0.300. The minimum absolute atomic E-state index is 0.0236. The second kappa shape index (κ2) is 5.49. The third kappa shape index (κ3) is 3.32. The number of hydrogen-bond acceptors (Lipinski definition) is 4. The molecule has 0 aliphatic rings. The van der Waals surface area contributed by atoms with E-state index in [-0.39, 0.29) is 17.1 Å². The molecule has 0 aliphatic carbocycles. The molecule has 17 heavy (non-hydrogen) atoms. The Bertz CT molecular complexity index is 450. The number of carbonyl (C=O) groups is 2. The zero-order valence-electron chi connectivity index (χ0n) is 9.18. The van der Waals surface area contributed by atoms with Crippen LogP contribution in [0.1, 0.15) is 17.3 Å². The zero-order valence-corrected chi connectivity index (χ0v) is 9.94. The summed E-state index contributed by atoms with van der Waals surface area (Å²) in [5, 5.41) is 8.96. The van der Waals surface area contributed by atoms with Gasteiger partial charge in [-0.05, 0) is 13.0 Å². The van der Waals surface area contributed by atoms with Crippen LogP contribution in [-0.2, 0) is 4.79 Å². The van der Waals surface area contributed by atoms with Crippen LogP contribution in [0, 0.1) is 0 Å². The van der Waals surface area contributed by atoms with Crippen LogP contribution >= 0.6 is 11.6 Å². The Labute approximate surface area is 103 Å². The maximum atomic E-state index is 10.9. The molecule has 1 aromatic heterocycles. The smallest absolute Gasteiger partial charge is 0.337 e. The van der Waals surface area contributed by atoms with E-state index >= 15 is 0 Å². The summed E-state index contributed by atoms with van der Waals surface area (Å²) in [4.78, 5) is 27.3. The number of hydrogen-bond donors (Lipinski definition) is 2. The summed E-state index contributed by atoms with van der Waals surface area (Å²) in [6, 6.07) is 1.32. The van der Waals surface area contributed by atoms with Crippen molar-refractivity contribution in [1.29, 1.82) is 0 Å². The van der Waals surface area contributed by atoms with Crippen molar-refractivity contribution in [2.45, 2.75) is 6.92 Å². The van der Waals surface area contributed by atoms with Gasteiger partial charge in [0.15, 0.2) is 0 Å². The Morgan fingerprint density at radius 1 is 1.59 bits per heavy atom. The molecule has 0 unspecified atom stereocenters. The Hall–Kier alpha value is -1.82. The van der Waals surface area contributed by atoms with Gasteiger partial charge in [-0.25, -0.2) is 9.78 Å². The second-order valence-electron chi connectivity index (χ2n) is 3.31. The molecule has 6 nitrogen and oxygen atoms in total. The first kappa shape index (κ1) is 13.2. The summed E-state index contributed by atoms with van der Waals surface area (Å²) in [6.45, 7) is 2.26. The number of aromatic nitrogens is 1. The number of rotatable bonds is 5. The van der Waals surface area contributed by atoms with E-state index in [2.05, 4.69) is 4.98 Å². The van der Waals surface area contributed by atoms with Gasteiger partial charge in [-0.1, -0.05) is 11.6 Å². The van der Waals surface area contributed by atoms with Crippen molar-refractivity contribution in [3.05, 3.63) is 22.8 Å². The van der Waals surface area contributed by atoms with Gasteiger partial charge in [0.05, 0.1) is 17.1 Å². The highest BCUT2D eigenvalue weighted by atomic mass is 35.5. The van der Waals surface area contributed by atoms with Crippen LogP contribution in [0.2, 0.25) is 5.02 Å². The summed E-state index contributed by atoms with van der Waals surface area (Å²) in [7, 11) is 0. The maximum Gasteiger partial charge on any atom is 0.337 e. The number of carboxylic acids is 1. The number of anilines is 1. The minimum atomic E-state index is -1.14. The van der Waals surface area contributed by atoms with Gasteiger partial charge in [0, 0.05) is 12.7 Å². The fourth-order valence-electron chi connectivity index (χ4n) is 1.31. The van der Waals surface area contributed by atoms with E-state index in [0.717, 1.165) is 0 Å². The first-order valence-corrected chi connectivity index (χ1v) is 5.25. The van der Waals surface area contributed by atoms with Crippen LogP contribution in [0.3, 0.4) is 0 Å². The quantitative estimate of drug-likeness (QED) is 0.811. The summed E-state index contributed by atoms with van der Waals surface area (Å²) in [6.07, 6.45) is 1.24. The molecule has 0 bridgehead atoms. The lowest BCUT2D eigenvalue weighted by molar-refractivity contribution is -0.116. The largest absolute Gasteiger partial charge is 0.478 e. The van der Waals surface area contributed by atoms with Crippen molar-refractivity contribution in [3.63, 3.8) is 0 Å². The summed E-state index contributed by atoms with van der Waals surface area (Å²) < 4.78 is 0. The molecule has 1 amide bonds. The van der Waals surface area contributed by atoms with E-state index in [0.29, 0.717) is 12.4 Å². The Balaban J connectivity index is 3.08. The molecule has 0 aliphatic heterocycles. The molecule has 0 aromatic carbocycles. The Morgan fingerprint density at radius 3 is 2.71 bits per heavy atom. The van der Waals surface area contributed by atoms with E-state index in [4.69, 9.17) is 22.4 Å². The highest BCUT2D eigenvalue weighted by Gasteiger charge is 2.14. The number of carboxylic acid groups (broad SMARTS) is 1. The number of amides is 1. The number of nitrogens with zero attached hydrogens (tertiary/aromatic N) is 2. The van der Waals surface area contributed by atoms with Gasteiger partial charge in [-0.3, -0.25) is 4.79 Å². The minimum Gasteiger partial charge on any atom is -0.478 e. The van der Waals surface area contributed by atoms with Gasteiger partial charge in [0.1, 0.15) is 5.82 Å². The SMILES string of the molecule is CCN(CC(N)=O)c1cc(C(=O)O)c(Cl)cn1. The van der Waals surface area contributed by atoms with Gasteiger partial charge in [0.2, 0.25) is 5.91 Å². The molecule has 1 heterocycles. The number of aromatic carboxylic acids is 1. The van der Waals surface area contributed by atoms with Crippen molar-refractivity contribution >= 4 is 29.3 Å². The molecule has 3 N–H and O–H groups in total. The number of likely N-dealkylation sites (N-methyl/N-ethyl adjacent to an activating group) is 1. The predicted molar refractivity (Wildman–Crippen MR) is 63.3 cm³/mol. The van der Waals surface area contributed by atoms with E-state index in [1.54, 1.807) is 11.8 Å². The van der Waals surface area contributed by atoms with Gasteiger partial charge < -0.3 is 15.7 Å². The first-order valence-electron chi connectivity index (χ1n) is 4.87. The van der Waals surface area contributed by atoms with Crippen LogP contribution in [0.15, 0.2) is 12.3 Å². The normalized spacial score (nSPS) is 10.0. The van der Waals surface area contributed by atoms with Gasteiger partial charge in [0.25, 0.3) is 0 Å². The van der Waals surface area contributed by atoms with E-state index in [1.807, 2.05) is 0 Å². The van der Waals surface area contributed by atoms with Crippen molar-refractivity contribution in [3.8, 4) is 0 Å². The Morgan fingerprint density at radius 2 is 2.24 bits per heavy atom.